The molecule has 4 heteroatoms. The molecule has 88 valence electrons. The molecule has 2 aromatic carbocycles. The van der Waals surface area contributed by atoms with Gasteiger partial charge in [-0.05, 0) is 36.4 Å². The summed E-state index contributed by atoms with van der Waals surface area (Å²) >= 11 is 5.77. The Hall–Kier alpha value is -2.31. The highest BCUT2D eigenvalue weighted by molar-refractivity contribution is 6.30. The zero-order chi connectivity index (χ0) is 13.0. The first-order valence-electron chi connectivity index (χ1n) is 5.27. The molecule has 2 rings (SSSR count). The van der Waals surface area contributed by atoms with Crippen molar-refractivity contribution in [2.24, 2.45) is 0 Å². The summed E-state index contributed by atoms with van der Waals surface area (Å²) in [7, 11) is 0. The topological polar surface area (TPSA) is 44.1 Å². The molecule has 0 aliphatic carbocycles. The second kappa shape index (κ2) is 5.35. The number of anilines is 1. The van der Waals surface area contributed by atoms with Gasteiger partial charge in [0.1, 0.15) is 0 Å². The molecule has 2 aromatic rings. The smallest absolute Gasteiger partial charge is 0.268 e. The van der Waals surface area contributed by atoms with E-state index in [0.29, 0.717) is 16.3 Å². The van der Waals surface area contributed by atoms with E-state index in [4.69, 9.17) is 16.9 Å². The lowest BCUT2D eigenvalue weighted by molar-refractivity contribution is 0.0999. The molecule has 0 aromatic heterocycles. The summed E-state index contributed by atoms with van der Waals surface area (Å²) in [6.45, 7) is 0. The van der Waals surface area contributed by atoms with Crippen LogP contribution in [0.15, 0.2) is 54.6 Å². The van der Waals surface area contributed by atoms with E-state index in [9.17, 15) is 4.79 Å². The Morgan fingerprint density at radius 3 is 2.22 bits per heavy atom. The van der Waals surface area contributed by atoms with Gasteiger partial charge in [0.25, 0.3) is 5.91 Å². The summed E-state index contributed by atoms with van der Waals surface area (Å²) in [4.78, 5) is 13.2. The second-order valence-electron chi connectivity index (χ2n) is 3.58. The van der Waals surface area contributed by atoms with Crippen LogP contribution in [0.5, 0.6) is 0 Å². The molecule has 0 unspecified atom stereocenters. The number of nitrogens with zero attached hydrogens (tertiary/aromatic N) is 2. The van der Waals surface area contributed by atoms with Crippen molar-refractivity contribution < 1.29 is 4.79 Å². The number of amides is 1. The van der Waals surface area contributed by atoms with Gasteiger partial charge in [0.05, 0.1) is 5.69 Å². The molecule has 18 heavy (non-hydrogen) atoms. The van der Waals surface area contributed by atoms with Gasteiger partial charge in [-0.1, -0.05) is 29.8 Å². The summed E-state index contributed by atoms with van der Waals surface area (Å²) < 4.78 is 0. The largest absolute Gasteiger partial charge is 0.271 e. The number of rotatable bonds is 2. The maximum Gasteiger partial charge on any atom is 0.271 e. The molecule has 0 heterocycles. The van der Waals surface area contributed by atoms with Crippen molar-refractivity contribution in [3.8, 4) is 6.19 Å². The molecule has 0 radical (unpaired) electrons. The van der Waals surface area contributed by atoms with Crippen LogP contribution in [0.25, 0.3) is 0 Å². The third-order valence-corrected chi connectivity index (χ3v) is 2.66. The molecule has 3 nitrogen and oxygen atoms in total. The molecule has 1 amide bonds. The van der Waals surface area contributed by atoms with Crippen molar-refractivity contribution in [2.75, 3.05) is 4.90 Å². The van der Waals surface area contributed by atoms with E-state index in [-0.39, 0.29) is 5.91 Å². The summed E-state index contributed by atoms with van der Waals surface area (Å²) in [6.07, 6.45) is 1.88. The van der Waals surface area contributed by atoms with Crippen molar-refractivity contribution >= 4 is 23.2 Å². The molecule has 0 aliphatic rings. The van der Waals surface area contributed by atoms with Gasteiger partial charge in [0.2, 0.25) is 0 Å². The van der Waals surface area contributed by atoms with Gasteiger partial charge in [0.15, 0.2) is 6.19 Å². The summed E-state index contributed by atoms with van der Waals surface area (Å²) in [6, 6.07) is 15.2. The Morgan fingerprint density at radius 2 is 1.67 bits per heavy atom. The van der Waals surface area contributed by atoms with E-state index in [1.165, 1.54) is 0 Å². The predicted octanol–water partition coefficient (Wildman–Crippen LogP) is 3.47. The lowest BCUT2D eigenvalue weighted by atomic mass is 10.2. The zero-order valence-corrected chi connectivity index (χ0v) is 10.1. The molecular weight excluding hydrogens is 248 g/mol. The van der Waals surface area contributed by atoms with Gasteiger partial charge in [-0.25, -0.2) is 4.90 Å². The van der Waals surface area contributed by atoms with Crippen molar-refractivity contribution in [3.05, 3.63) is 65.2 Å². The molecule has 0 aliphatic heterocycles. The van der Waals surface area contributed by atoms with Gasteiger partial charge in [-0.15, -0.1) is 0 Å². The van der Waals surface area contributed by atoms with Crippen molar-refractivity contribution in [1.82, 2.24) is 0 Å². The Balaban J connectivity index is 2.33. The number of nitriles is 1. The van der Waals surface area contributed by atoms with Crippen LogP contribution in [0.2, 0.25) is 5.02 Å². The van der Waals surface area contributed by atoms with Crippen LogP contribution >= 0.6 is 11.6 Å². The number of carbonyl (C=O) groups is 1. The lowest BCUT2D eigenvalue weighted by Crippen LogP contribution is -2.25. The Kier molecular flexibility index (Phi) is 3.61. The minimum Gasteiger partial charge on any atom is -0.268 e. The monoisotopic (exact) mass is 256 g/mol. The first kappa shape index (κ1) is 12.2. The number of halogens is 1. The fourth-order valence-corrected chi connectivity index (χ4v) is 1.65. The second-order valence-corrected chi connectivity index (χ2v) is 4.02. The molecule has 0 fully saturated rings. The zero-order valence-electron chi connectivity index (χ0n) is 9.38. The Bertz CT molecular complexity index is 587. The van der Waals surface area contributed by atoms with E-state index >= 15 is 0 Å². The van der Waals surface area contributed by atoms with Gasteiger partial charge < -0.3 is 0 Å². The molecule has 0 N–H and O–H groups in total. The molecular formula is C14H9ClN2O. The molecule has 0 saturated heterocycles. The highest BCUT2D eigenvalue weighted by Gasteiger charge is 2.16. The fraction of sp³-hybridized carbons (Fsp3) is 0. The van der Waals surface area contributed by atoms with Crippen LogP contribution < -0.4 is 4.90 Å². The Morgan fingerprint density at radius 1 is 1.06 bits per heavy atom. The van der Waals surface area contributed by atoms with E-state index in [1.54, 1.807) is 48.5 Å². The van der Waals surface area contributed by atoms with Crippen LogP contribution in [0.3, 0.4) is 0 Å². The molecule has 0 spiro atoms. The third kappa shape index (κ3) is 2.50. The van der Waals surface area contributed by atoms with Gasteiger partial charge in [-0.2, -0.15) is 5.26 Å². The van der Waals surface area contributed by atoms with E-state index < -0.39 is 0 Å². The van der Waals surface area contributed by atoms with Crippen molar-refractivity contribution in [3.63, 3.8) is 0 Å². The first-order valence-corrected chi connectivity index (χ1v) is 5.65. The van der Waals surface area contributed by atoms with Crippen LogP contribution in [0.1, 0.15) is 10.4 Å². The normalized spacial score (nSPS) is 9.56. The molecule has 0 saturated carbocycles. The number of benzene rings is 2. The predicted molar refractivity (Wildman–Crippen MR) is 70.3 cm³/mol. The maximum absolute atomic E-state index is 12.1. The summed E-state index contributed by atoms with van der Waals surface area (Å²) in [5, 5.41) is 9.66. The van der Waals surface area contributed by atoms with Crippen LogP contribution in [0.4, 0.5) is 5.69 Å². The average molecular weight is 257 g/mol. The fourth-order valence-electron chi connectivity index (χ4n) is 1.52. The quantitative estimate of drug-likeness (QED) is 0.610. The number of hydrogen-bond donors (Lipinski definition) is 0. The SMILES string of the molecule is N#CN(C(=O)c1ccccc1)c1ccc(Cl)cc1. The number of carbonyl (C=O) groups excluding carboxylic acids is 1. The Labute approximate surface area is 110 Å². The molecule has 0 atom stereocenters. The van der Waals surface area contributed by atoms with Crippen LogP contribution in [-0.4, -0.2) is 5.91 Å². The highest BCUT2D eigenvalue weighted by atomic mass is 35.5. The van der Waals surface area contributed by atoms with E-state index in [0.717, 1.165) is 4.90 Å². The summed E-state index contributed by atoms with van der Waals surface area (Å²) in [5.41, 5.74) is 0.963. The minimum atomic E-state index is -0.361. The van der Waals surface area contributed by atoms with Crippen molar-refractivity contribution in [1.29, 1.82) is 5.26 Å². The van der Waals surface area contributed by atoms with E-state index in [1.807, 2.05) is 12.3 Å². The first-order chi connectivity index (χ1) is 8.72. The third-order valence-electron chi connectivity index (χ3n) is 2.41. The summed E-state index contributed by atoms with van der Waals surface area (Å²) in [5.74, 6) is -0.361. The van der Waals surface area contributed by atoms with Crippen LogP contribution in [0, 0.1) is 11.5 Å². The average Bonchev–Trinajstić information content (AvgIpc) is 2.42. The highest BCUT2D eigenvalue weighted by Crippen LogP contribution is 2.19. The van der Waals surface area contributed by atoms with Gasteiger partial charge in [0, 0.05) is 10.6 Å². The lowest BCUT2D eigenvalue weighted by Gasteiger charge is -2.13. The van der Waals surface area contributed by atoms with E-state index in [2.05, 4.69) is 0 Å². The maximum atomic E-state index is 12.1. The molecule has 0 bridgehead atoms. The van der Waals surface area contributed by atoms with Crippen LogP contribution in [-0.2, 0) is 0 Å². The van der Waals surface area contributed by atoms with Gasteiger partial charge in [-0.3, -0.25) is 4.79 Å². The standard InChI is InChI=1S/C14H9ClN2O/c15-12-6-8-13(9-7-12)17(10-16)14(18)11-4-2-1-3-5-11/h1-9H. The van der Waals surface area contributed by atoms with Gasteiger partial charge >= 0.3 is 0 Å². The van der Waals surface area contributed by atoms with Crippen molar-refractivity contribution in [2.45, 2.75) is 0 Å². The minimum absolute atomic E-state index is 0.361. The number of hydrogen-bond acceptors (Lipinski definition) is 2.